The summed E-state index contributed by atoms with van der Waals surface area (Å²) in [6.07, 6.45) is 4.45. The van der Waals surface area contributed by atoms with E-state index in [1.165, 1.54) is 6.20 Å². The van der Waals surface area contributed by atoms with E-state index in [4.69, 9.17) is 4.74 Å². The van der Waals surface area contributed by atoms with Crippen molar-refractivity contribution in [3.05, 3.63) is 39.8 Å². The summed E-state index contributed by atoms with van der Waals surface area (Å²) >= 11 is 0. The molecule has 1 fully saturated rings. The molecule has 1 aliphatic heterocycles. The van der Waals surface area contributed by atoms with E-state index in [1.807, 2.05) is 27.7 Å². The second-order valence-corrected chi connectivity index (χ2v) is 7.49. The fraction of sp³-hybridized carbons (Fsp3) is 0.524. The van der Waals surface area contributed by atoms with Crippen LogP contribution in [0, 0.1) is 6.92 Å². The average molecular weight is 385 g/mol. The lowest BCUT2D eigenvalue weighted by Gasteiger charge is -2.38. The van der Waals surface area contributed by atoms with E-state index < -0.39 is 11.4 Å². The molecule has 28 heavy (non-hydrogen) atoms. The van der Waals surface area contributed by atoms with Gasteiger partial charge in [-0.3, -0.25) is 9.59 Å². The van der Waals surface area contributed by atoms with E-state index >= 15 is 0 Å². The number of piperidine rings is 1. The Balaban J connectivity index is 1.82. The van der Waals surface area contributed by atoms with E-state index in [9.17, 15) is 14.4 Å². The number of esters is 1. The lowest BCUT2D eigenvalue weighted by molar-refractivity contribution is -0.140. The number of nitrogens with zero attached hydrogens (tertiary/aromatic N) is 3. The molecule has 0 saturated carbocycles. The Hall–Kier alpha value is -2.70. The SMILES string of the molecule is CCn1cc(C(=O)OCC(=O)N2[C@@H](C)CCC[C@@H]2C)c(=O)c2ccc(C)nc21. The zero-order valence-electron chi connectivity index (χ0n) is 16.9. The molecule has 0 spiro atoms. The monoisotopic (exact) mass is 385 g/mol. The van der Waals surface area contributed by atoms with Crippen molar-refractivity contribution in [1.82, 2.24) is 14.5 Å². The molecular formula is C21H27N3O4. The number of fused-ring (bicyclic) bond motifs is 1. The van der Waals surface area contributed by atoms with Gasteiger partial charge in [-0.05, 0) is 59.1 Å². The van der Waals surface area contributed by atoms with Crippen LogP contribution < -0.4 is 5.43 Å². The largest absolute Gasteiger partial charge is 0.452 e. The number of ether oxygens (including phenoxy) is 1. The Bertz CT molecular complexity index is 956. The minimum absolute atomic E-state index is 0.0763. The van der Waals surface area contributed by atoms with Crippen LogP contribution >= 0.6 is 0 Å². The maximum atomic E-state index is 12.8. The first-order chi connectivity index (χ1) is 13.3. The zero-order valence-corrected chi connectivity index (χ0v) is 16.9. The Morgan fingerprint density at radius 2 is 1.89 bits per heavy atom. The second kappa shape index (κ2) is 8.12. The molecule has 2 aromatic rings. The van der Waals surface area contributed by atoms with E-state index in [0.717, 1.165) is 25.0 Å². The van der Waals surface area contributed by atoms with Gasteiger partial charge in [-0.15, -0.1) is 0 Å². The van der Waals surface area contributed by atoms with Gasteiger partial charge in [-0.2, -0.15) is 0 Å². The van der Waals surface area contributed by atoms with Crippen LogP contribution in [-0.4, -0.2) is 45.0 Å². The predicted octanol–water partition coefficient (Wildman–Crippen LogP) is 2.67. The molecule has 2 aromatic heterocycles. The van der Waals surface area contributed by atoms with Crippen molar-refractivity contribution < 1.29 is 14.3 Å². The van der Waals surface area contributed by atoms with Crippen molar-refractivity contribution >= 4 is 22.9 Å². The summed E-state index contributed by atoms with van der Waals surface area (Å²) in [7, 11) is 0. The molecule has 0 N–H and O–H groups in total. The summed E-state index contributed by atoms with van der Waals surface area (Å²) in [5, 5.41) is 0.367. The molecule has 3 heterocycles. The lowest BCUT2D eigenvalue weighted by Crippen LogP contribution is -2.49. The number of amides is 1. The van der Waals surface area contributed by atoms with E-state index in [0.29, 0.717) is 17.6 Å². The molecular weight excluding hydrogens is 358 g/mol. The second-order valence-electron chi connectivity index (χ2n) is 7.49. The fourth-order valence-electron chi connectivity index (χ4n) is 3.94. The lowest BCUT2D eigenvalue weighted by atomic mass is 9.97. The molecule has 7 nitrogen and oxygen atoms in total. The summed E-state index contributed by atoms with van der Waals surface area (Å²) in [4.78, 5) is 44.1. The fourth-order valence-corrected chi connectivity index (χ4v) is 3.94. The third kappa shape index (κ3) is 3.79. The van der Waals surface area contributed by atoms with Crippen molar-refractivity contribution in [2.45, 2.75) is 65.6 Å². The van der Waals surface area contributed by atoms with Gasteiger partial charge in [0.25, 0.3) is 5.91 Å². The zero-order chi connectivity index (χ0) is 20.4. The molecule has 2 atom stereocenters. The highest BCUT2D eigenvalue weighted by Gasteiger charge is 2.29. The summed E-state index contributed by atoms with van der Waals surface area (Å²) < 4.78 is 6.98. The van der Waals surface area contributed by atoms with E-state index in [-0.39, 0.29) is 30.2 Å². The van der Waals surface area contributed by atoms with Gasteiger partial charge >= 0.3 is 5.97 Å². The van der Waals surface area contributed by atoms with Gasteiger partial charge in [0.2, 0.25) is 5.43 Å². The first kappa shape index (κ1) is 20.0. The Morgan fingerprint density at radius 3 is 2.54 bits per heavy atom. The number of aromatic nitrogens is 2. The quantitative estimate of drug-likeness (QED) is 0.756. The van der Waals surface area contributed by atoms with Gasteiger partial charge in [0.05, 0.1) is 5.39 Å². The molecule has 7 heteroatoms. The van der Waals surface area contributed by atoms with Gasteiger partial charge in [-0.1, -0.05) is 0 Å². The summed E-state index contributed by atoms with van der Waals surface area (Å²) in [5.74, 6) is -0.998. The van der Waals surface area contributed by atoms with Gasteiger partial charge in [0, 0.05) is 30.5 Å². The van der Waals surface area contributed by atoms with Gasteiger partial charge in [0.15, 0.2) is 6.61 Å². The van der Waals surface area contributed by atoms with Crippen molar-refractivity contribution in [3.8, 4) is 0 Å². The van der Waals surface area contributed by atoms with Crippen LogP contribution in [0.4, 0.5) is 0 Å². The maximum Gasteiger partial charge on any atom is 0.344 e. The number of carbonyl (C=O) groups excluding carboxylic acids is 2. The van der Waals surface area contributed by atoms with Crippen LogP contribution in [0.1, 0.15) is 56.1 Å². The van der Waals surface area contributed by atoms with Gasteiger partial charge < -0.3 is 14.2 Å². The highest BCUT2D eigenvalue weighted by Crippen LogP contribution is 2.22. The highest BCUT2D eigenvalue weighted by atomic mass is 16.5. The minimum Gasteiger partial charge on any atom is -0.452 e. The third-order valence-electron chi connectivity index (χ3n) is 5.43. The summed E-state index contributed by atoms with van der Waals surface area (Å²) in [6, 6.07) is 3.66. The predicted molar refractivity (Wildman–Crippen MR) is 106 cm³/mol. The molecule has 1 aliphatic rings. The highest BCUT2D eigenvalue weighted by molar-refractivity contribution is 5.94. The van der Waals surface area contributed by atoms with Crippen LogP contribution in [0.15, 0.2) is 23.1 Å². The topological polar surface area (TPSA) is 81.5 Å². The Labute approximate surface area is 164 Å². The normalized spacial score (nSPS) is 19.6. The number of rotatable bonds is 4. The van der Waals surface area contributed by atoms with E-state index in [2.05, 4.69) is 4.98 Å². The molecule has 0 aliphatic carbocycles. The Kier molecular flexibility index (Phi) is 5.82. The van der Waals surface area contributed by atoms with Crippen LogP contribution in [0.25, 0.3) is 11.0 Å². The van der Waals surface area contributed by atoms with Crippen LogP contribution in [0.2, 0.25) is 0 Å². The molecule has 0 aromatic carbocycles. The summed E-state index contributed by atoms with van der Waals surface area (Å²) in [5.41, 5.74) is 0.827. The number of aryl methyl sites for hydroxylation is 2. The average Bonchev–Trinajstić information content (AvgIpc) is 2.66. The first-order valence-electron chi connectivity index (χ1n) is 9.82. The first-order valence-corrected chi connectivity index (χ1v) is 9.82. The minimum atomic E-state index is -0.777. The molecule has 0 unspecified atom stereocenters. The molecule has 0 bridgehead atoms. The van der Waals surface area contributed by atoms with Crippen molar-refractivity contribution in [2.75, 3.05) is 6.61 Å². The molecule has 1 amide bonds. The van der Waals surface area contributed by atoms with Gasteiger partial charge in [0.1, 0.15) is 11.2 Å². The Morgan fingerprint density at radius 1 is 1.21 bits per heavy atom. The third-order valence-corrected chi connectivity index (χ3v) is 5.43. The number of hydrogen-bond donors (Lipinski definition) is 0. The molecule has 1 saturated heterocycles. The molecule has 3 rings (SSSR count). The van der Waals surface area contributed by atoms with Crippen LogP contribution in [-0.2, 0) is 16.1 Å². The molecule has 150 valence electrons. The van der Waals surface area contributed by atoms with Crippen molar-refractivity contribution in [1.29, 1.82) is 0 Å². The number of carbonyl (C=O) groups is 2. The van der Waals surface area contributed by atoms with Crippen molar-refractivity contribution in [3.63, 3.8) is 0 Å². The maximum absolute atomic E-state index is 12.8. The number of likely N-dealkylation sites (tertiary alicyclic amines) is 1. The van der Waals surface area contributed by atoms with Crippen molar-refractivity contribution in [2.24, 2.45) is 0 Å². The van der Waals surface area contributed by atoms with Crippen LogP contribution in [0.5, 0.6) is 0 Å². The smallest absolute Gasteiger partial charge is 0.344 e. The number of hydrogen-bond acceptors (Lipinski definition) is 5. The van der Waals surface area contributed by atoms with Gasteiger partial charge in [-0.25, -0.2) is 9.78 Å². The van der Waals surface area contributed by atoms with E-state index in [1.54, 1.807) is 21.6 Å². The van der Waals surface area contributed by atoms with Crippen LogP contribution in [0.3, 0.4) is 0 Å². The molecule has 0 radical (unpaired) electrons. The number of pyridine rings is 2. The standard InChI is InChI=1S/C21H27N3O4/c1-5-23-11-17(19(26)16-10-9-13(2)22-20(16)23)21(27)28-12-18(25)24-14(3)7-6-8-15(24)4/h9-11,14-15H,5-8,12H2,1-4H3/t14-,15-/m0/s1. The summed E-state index contributed by atoms with van der Waals surface area (Å²) in [6.45, 7) is 7.96.